The number of nitrogens with zero attached hydrogens (tertiary/aromatic N) is 1. The van der Waals surface area contributed by atoms with Crippen LogP contribution >= 0.6 is 0 Å². The molecule has 0 bridgehead atoms. The predicted octanol–water partition coefficient (Wildman–Crippen LogP) is 3.40. The summed E-state index contributed by atoms with van der Waals surface area (Å²) >= 11 is 0. The molecule has 0 aliphatic heterocycles. The van der Waals surface area contributed by atoms with Gasteiger partial charge in [-0.2, -0.15) is 0 Å². The maximum Gasteiger partial charge on any atom is 0.253 e. The monoisotopic (exact) mass is 256 g/mol. The van der Waals surface area contributed by atoms with Crippen LogP contribution in [0.25, 0.3) is 10.9 Å². The average Bonchev–Trinajstić information content (AvgIpc) is 2.47. The third kappa shape index (κ3) is 3.11. The number of pyridine rings is 1. The summed E-state index contributed by atoms with van der Waals surface area (Å²) in [6, 6.07) is 9.56. The van der Waals surface area contributed by atoms with Gasteiger partial charge in [-0.15, -0.1) is 0 Å². The highest BCUT2D eigenvalue weighted by Crippen LogP contribution is 2.16. The summed E-state index contributed by atoms with van der Waals surface area (Å²) in [7, 11) is 0. The van der Waals surface area contributed by atoms with Gasteiger partial charge in [0.25, 0.3) is 5.91 Å². The molecule has 1 amide bonds. The van der Waals surface area contributed by atoms with E-state index in [-0.39, 0.29) is 5.91 Å². The van der Waals surface area contributed by atoms with E-state index in [1.807, 2.05) is 30.3 Å². The Labute approximate surface area is 114 Å². The number of hydrogen-bond acceptors (Lipinski definition) is 2. The third-order valence-corrected chi connectivity index (χ3v) is 3.58. The molecule has 3 heteroatoms. The first-order valence-electron chi connectivity index (χ1n) is 6.88. The fourth-order valence-electron chi connectivity index (χ4n) is 2.20. The number of aromatic nitrogens is 1. The standard InChI is InChI=1S/C16H20N2O/c1-3-12(4-2)11-18-16(19)14-9-5-7-13-8-6-10-17-15(13)14/h5-10,12H,3-4,11H2,1-2H3,(H,18,19). The average molecular weight is 256 g/mol. The van der Waals surface area contributed by atoms with E-state index >= 15 is 0 Å². The molecule has 1 aromatic carbocycles. The van der Waals surface area contributed by atoms with Gasteiger partial charge in [0.2, 0.25) is 0 Å². The summed E-state index contributed by atoms with van der Waals surface area (Å²) < 4.78 is 0. The van der Waals surface area contributed by atoms with Gasteiger partial charge in [-0.05, 0) is 18.1 Å². The van der Waals surface area contributed by atoms with Crippen LogP contribution < -0.4 is 5.32 Å². The minimum Gasteiger partial charge on any atom is -0.352 e. The maximum absolute atomic E-state index is 12.2. The fourth-order valence-corrected chi connectivity index (χ4v) is 2.20. The molecule has 0 fully saturated rings. The summed E-state index contributed by atoms with van der Waals surface area (Å²) in [5.74, 6) is 0.517. The smallest absolute Gasteiger partial charge is 0.253 e. The van der Waals surface area contributed by atoms with Gasteiger partial charge in [0.15, 0.2) is 0 Å². The van der Waals surface area contributed by atoms with E-state index in [9.17, 15) is 4.79 Å². The first-order chi connectivity index (χ1) is 9.26. The number of benzene rings is 1. The zero-order valence-electron chi connectivity index (χ0n) is 11.5. The number of carbonyl (C=O) groups excluding carboxylic acids is 1. The molecule has 1 heterocycles. The summed E-state index contributed by atoms with van der Waals surface area (Å²) in [5, 5.41) is 4.01. The number of para-hydroxylation sites is 1. The number of nitrogens with one attached hydrogen (secondary N) is 1. The van der Waals surface area contributed by atoms with Crippen molar-refractivity contribution < 1.29 is 4.79 Å². The van der Waals surface area contributed by atoms with Crippen LogP contribution in [0.3, 0.4) is 0 Å². The normalized spacial score (nSPS) is 10.9. The lowest BCUT2D eigenvalue weighted by Crippen LogP contribution is -2.29. The number of carbonyl (C=O) groups is 1. The molecular weight excluding hydrogens is 236 g/mol. The van der Waals surface area contributed by atoms with Crippen LogP contribution in [0.15, 0.2) is 36.5 Å². The van der Waals surface area contributed by atoms with Crippen LogP contribution in [0.2, 0.25) is 0 Å². The quantitative estimate of drug-likeness (QED) is 0.890. The van der Waals surface area contributed by atoms with E-state index < -0.39 is 0 Å². The SMILES string of the molecule is CCC(CC)CNC(=O)c1cccc2cccnc12. The van der Waals surface area contributed by atoms with E-state index in [2.05, 4.69) is 24.1 Å². The van der Waals surface area contributed by atoms with E-state index in [0.717, 1.165) is 30.3 Å². The number of rotatable bonds is 5. The molecule has 19 heavy (non-hydrogen) atoms. The van der Waals surface area contributed by atoms with E-state index in [1.165, 1.54) is 0 Å². The van der Waals surface area contributed by atoms with Crippen molar-refractivity contribution in [3.05, 3.63) is 42.1 Å². The zero-order chi connectivity index (χ0) is 13.7. The van der Waals surface area contributed by atoms with Crippen molar-refractivity contribution in [1.82, 2.24) is 10.3 Å². The lowest BCUT2D eigenvalue weighted by Gasteiger charge is -2.13. The van der Waals surface area contributed by atoms with Gasteiger partial charge in [-0.25, -0.2) is 0 Å². The second kappa shape index (κ2) is 6.32. The molecule has 0 unspecified atom stereocenters. The van der Waals surface area contributed by atoms with E-state index in [1.54, 1.807) is 6.20 Å². The van der Waals surface area contributed by atoms with E-state index in [4.69, 9.17) is 0 Å². The highest BCUT2D eigenvalue weighted by Gasteiger charge is 2.12. The highest BCUT2D eigenvalue weighted by molar-refractivity contribution is 6.05. The minimum atomic E-state index is -0.0313. The van der Waals surface area contributed by atoms with Gasteiger partial charge in [0.1, 0.15) is 0 Å². The van der Waals surface area contributed by atoms with Gasteiger partial charge in [-0.3, -0.25) is 9.78 Å². The van der Waals surface area contributed by atoms with Crippen molar-refractivity contribution in [3.63, 3.8) is 0 Å². The van der Waals surface area contributed by atoms with Gasteiger partial charge in [0, 0.05) is 18.1 Å². The predicted molar refractivity (Wildman–Crippen MR) is 78.1 cm³/mol. The molecular formula is C16H20N2O. The summed E-state index contributed by atoms with van der Waals surface area (Å²) in [5.41, 5.74) is 1.43. The van der Waals surface area contributed by atoms with E-state index in [0.29, 0.717) is 11.5 Å². The Balaban J connectivity index is 2.17. The molecule has 100 valence electrons. The van der Waals surface area contributed by atoms with Gasteiger partial charge < -0.3 is 5.32 Å². The molecule has 0 aliphatic carbocycles. The van der Waals surface area contributed by atoms with Crippen LogP contribution in [0.4, 0.5) is 0 Å². The third-order valence-electron chi connectivity index (χ3n) is 3.58. The Kier molecular flexibility index (Phi) is 4.50. The molecule has 0 atom stereocenters. The van der Waals surface area contributed by atoms with Crippen LogP contribution in [0.1, 0.15) is 37.0 Å². The van der Waals surface area contributed by atoms with Crippen molar-refractivity contribution in [2.75, 3.05) is 6.54 Å². The van der Waals surface area contributed by atoms with Crippen LogP contribution in [-0.2, 0) is 0 Å². The number of fused-ring (bicyclic) bond motifs is 1. The second-order valence-electron chi connectivity index (χ2n) is 4.77. The van der Waals surface area contributed by atoms with Crippen molar-refractivity contribution in [1.29, 1.82) is 0 Å². The molecule has 2 aromatic rings. The van der Waals surface area contributed by atoms with Crippen LogP contribution in [0.5, 0.6) is 0 Å². The Morgan fingerprint density at radius 3 is 2.68 bits per heavy atom. The molecule has 0 spiro atoms. The molecule has 1 N–H and O–H groups in total. The molecule has 0 saturated heterocycles. The lowest BCUT2D eigenvalue weighted by atomic mass is 10.0. The highest BCUT2D eigenvalue weighted by atomic mass is 16.1. The summed E-state index contributed by atoms with van der Waals surface area (Å²) in [6.07, 6.45) is 3.90. The summed E-state index contributed by atoms with van der Waals surface area (Å²) in [4.78, 5) is 16.6. The Morgan fingerprint density at radius 1 is 1.21 bits per heavy atom. The topological polar surface area (TPSA) is 42.0 Å². The lowest BCUT2D eigenvalue weighted by molar-refractivity contribution is 0.0948. The largest absolute Gasteiger partial charge is 0.352 e. The first kappa shape index (κ1) is 13.5. The summed E-state index contributed by atoms with van der Waals surface area (Å²) in [6.45, 7) is 5.04. The molecule has 0 aliphatic rings. The van der Waals surface area contributed by atoms with Crippen molar-refractivity contribution in [3.8, 4) is 0 Å². The Bertz CT molecular complexity index is 556. The second-order valence-corrected chi connectivity index (χ2v) is 4.77. The molecule has 3 nitrogen and oxygen atoms in total. The molecule has 1 aromatic heterocycles. The molecule has 0 saturated carbocycles. The van der Waals surface area contributed by atoms with Crippen molar-refractivity contribution in [2.24, 2.45) is 5.92 Å². The number of amides is 1. The van der Waals surface area contributed by atoms with Crippen LogP contribution in [0, 0.1) is 5.92 Å². The maximum atomic E-state index is 12.2. The van der Waals surface area contributed by atoms with Gasteiger partial charge in [-0.1, -0.05) is 44.9 Å². The molecule has 2 rings (SSSR count). The fraction of sp³-hybridized carbons (Fsp3) is 0.375. The van der Waals surface area contributed by atoms with Crippen molar-refractivity contribution in [2.45, 2.75) is 26.7 Å². The van der Waals surface area contributed by atoms with Crippen molar-refractivity contribution >= 4 is 16.8 Å². The number of hydrogen-bond donors (Lipinski definition) is 1. The Hall–Kier alpha value is -1.90. The van der Waals surface area contributed by atoms with Gasteiger partial charge in [0.05, 0.1) is 11.1 Å². The van der Waals surface area contributed by atoms with Crippen LogP contribution in [-0.4, -0.2) is 17.4 Å². The minimum absolute atomic E-state index is 0.0313. The first-order valence-corrected chi connectivity index (χ1v) is 6.88. The zero-order valence-corrected chi connectivity index (χ0v) is 11.5. The molecule has 0 radical (unpaired) electrons. The Morgan fingerprint density at radius 2 is 1.95 bits per heavy atom. The van der Waals surface area contributed by atoms with Gasteiger partial charge >= 0.3 is 0 Å².